The van der Waals surface area contributed by atoms with Crippen LogP contribution in [0.2, 0.25) is 0 Å². The van der Waals surface area contributed by atoms with Crippen LogP contribution in [0, 0.1) is 0 Å². The summed E-state index contributed by atoms with van der Waals surface area (Å²) in [6.07, 6.45) is 6.30. The molecule has 0 bridgehead atoms. The summed E-state index contributed by atoms with van der Waals surface area (Å²) in [5.74, 6) is 0. The van der Waals surface area contributed by atoms with Gasteiger partial charge >= 0.3 is 0 Å². The molecule has 1 saturated carbocycles. The maximum absolute atomic E-state index is 9.33. The van der Waals surface area contributed by atoms with Gasteiger partial charge in [0.25, 0.3) is 0 Å². The molecule has 1 aliphatic rings. The highest BCUT2D eigenvalue weighted by molar-refractivity contribution is 4.92. The predicted octanol–water partition coefficient (Wildman–Crippen LogP) is 0.316. The standard InChI is InChI=1S/C11H23NO3/c13-8-6-11(4-2-1-3-5-11)12(10-15)7-9-14/h13-15H,1-10H2. The molecule has 0 saturated heterocycles. The first-order valence-electron chi connectivity index (χ1n) is 5.87. The SMILES string of the molecule is OCCN(CO)C1(CCO)CCCCC1. The third-order valence-corrected chi connectivity index (χ3v) is 3.57. The van der Waals surface area contributed by atoms with Gasteiger partial charge in [0.15, 0.2) is 0 Å². The zero-order valence-electron chi connectivity index (χ0n) is 9.36. The van der Waals surface area contributed by atoms with E-state index in [2.05, 4.69) is 0 Å². The molecule has 15 heavy (non-hydrogen) atoms. The maximum atomic E-state index is 9.33. The van der Waals surface area contributed by atoms with Crippen LogP contribution in [0.4, 0.5) is 0 Å². The van der Waals surface area contributed by atoms with Crippen molar-refractivity contribution in [3.8, 4) is 0 Å². The maximum Gasteiger partial charge on any atom is 0.0961 e. The fourth-order valence-electron chi connectivity index (χ4n) is 2.72. The molecule has 0 spiro atoms. The predicted molar refractivity (Wildman–Crippen MR) is 58.4 cm³/mol. The van der Waals surface area contributed by atoms with Gasteiger partial charge in [-0.1, -0.05) is 19.3 Å². The number of nitrogens with zero attached hydrogens (tertiary/aromatic N) is 1. The smallest absolute Gasteiger partial charge is 0.0961 e. The fraction of sp³-hybridized carbons (Fsp3) is 1.00. The van der Waals surface area contributed by atoms with Crippen LogP contribution in [0.15, 0.2) is 0 Å². The van der Waals surface area contributed by atoms with Crippen molar-refractivity contribution in [3.63, 3.8) is 0 Å². The molecule has 0 unspecified atom stereocenters. The van der Waals surface area contributed by atoms with Crippen molar-refractivity contribution in [2.45, 2.75) is 44.1 Å². The van der Waals surface area contributed by atoms with Gasteiger partial charge in [0.05, 0.1) is 13.3 Å². The van der Waals surface area contributed by atoms with Crippen LogP contribution in [-0.2, 0) is 0 Å². The summed E-state index contributed by atoms with van der Waals surface area (Å²) in [5.41, 5.74) is -0.0789. The van der Waals surface area contributed by atoms with Gasteiger partial charge in [-0.3, -0.25) is 4.90 Å². The molecule has 1 rings (SSSR count). The Morgan fingerprint density at radius 3 is 2.07 bits per heavy atom. The Morgan fingerprint density at radius 1 is 0.933 bits per heavy atom. The number of β-amino-alcohol motifs (C(OH)–C–C–N with tert-alkyl or cyclic N) is 1. The van der Waals surface area contributed by atoms with Gasteiger partial charge in [0.2, 0.25) is 0 Å². The van der Waals surface area contributed by atoms with Crippen molar-refractivity contribution in [2.75, 3.05) is 26.5 Å². The quantitative estimate of drug-likeness (QED) is 0.561. The molecule has 3 N–H and O–H groups in total. The third-order valence-electron chi connectivity index (χ3n) is 3.57. The Morgan fingerprint density at radius 2 is 1.60 bits per heavy atom. The third kappa shape index (κ3) is 3.14. The van der Waals surface area contributed by atoms with E-state index < -0.39 is 0 Å². The minimum Gasteiger partial charge on any atom is -0.396 e. The minimum atomic E-state index is -0.0789. The second-order valence-electron chi connectivity index (χ2n) is 4.39. The number of rotatable bonds is 6. The van der Waals surface area contributed by atoms with Crippen LogP contribution in [-0.4, -0.2) is 52.2 Å². The van der Waals surface area contributed by atoms with Crippen LogP contribution in [0.5, 0.6) is 0 Å². The van der Waals surface area contributed by atoms with Gasteiger partial charge in [-0.15, -0.1) is 0 Å². The molecule has 0 heterocycles. The van der Waals surface area contributed by atoms with E-state index in [1.807, 2.05) is 4.90 Å². The molecule has 4 nitrogen and oxygen atoms in total. The Kier molecular flexibility index (Phi) is 5.53. The van der Waals surface area contributed by atoms with E-state index in [4.69, 9.17) is 10.2 Å². The van der Waals surface area contributed by atoms with Crippen molar-refractivity contribution in [2.24, 2.45) is 0 Å². The van der Waals surface area contributed by atoms with Crippen molar-refractivity contribution in [1.29, 1.82) is 0 Å². The molecule has 0 aromatic heterocycles. The van der Waals surface area contributed by atoms with Gasteiger partial charge in [0.1, 0.15) is 0 Å². The Balaban J connectivity index is 2.67. The summed E-state index contributed by atoms with van der Waals surface area (Å²) in [6.45, 7) is 0.687. The van der Waals surface area contributed by atoms with E-state index in [1.54, 1.807) is 0 Å². The Labute approximate surface area is 91.5 Å². The fourth-order valence-corrected chi connectivity index (χ4v) is 2.72. The van der Waals surface area contributed by atoms with Crippen LogP contribution in [0.3, 0.4) is 0 Å². The molecule has 0 aromatic rings. The lowest BCUT2D eigenvalue weighted by atomic mass is 9.78. The average Bonchev–Trinajstić information content (AvgIpc) is 2.27. The van der Waals surface area contributed by atoms with Crippen LogP contribution in [0.1, 0.15) is 38.5 Å². The molecule has 0 aliphatic heterocycles. The largest absolute Gasteiger partial charge is 0.396 e. The highest BCUT2D eigenvalue weighted by atomic mass is 16.3. The average molecular weight is 217 g/mol. The molecule has 0 aromatic carbocycles. The van der Waals surface area contributed by atoms with E-state index in [9.17, 15) is 5.11 Å². The molecular weight excluding hydrogens is 194 g/mol. The molecule has 1 aliphatic carbocycles. The zero-order valence-corrected chi connectivity index (χ0v) is 9.36. The lowest BCUT2D eigenvalue weighted by Crippen LogP contribution is -2.52. The lowest BCUT2D eigenvalue weighted by molar-refractivity contribution is -0.0380. The van der Waals surface area contributed by atoms with Crippen LogP contribution < -0.4 is 0 Å². The molecule has 0 amide bonds. The van der Waals surface area contributed by atoms with E-state index in [0.29, 0.717) is 13.0 Å². The van der Waals surface area contributed by atoms with E-state index >= 15 is 0 Å². The summed E-state index contributed by atoms with van der Waals surface area (Å²) >= 11 is 0. The van der Waals surface area contributed by atoms with Crippen LogP contribution in [0.25, 0.3) is 0 Å². The summed E-state index contributed by atoms with van der Waals surface area (Å²) in [4.78, 5) is 1.92. The Hall–Kier alpha value is -0.160. The van der Waals surface area contributed by atoms with Crippen molar-refractivity contribution in [1.82, 2.24) is 4.90 Å². The molecule has 1 fully saturated rings. The number of hydrogen-bond acceptors (Lipinski definition) is 4. The highest BCUT2D eigenvalue weighted by Crippen LogP contribution is 2.35. The second kappa shape index (κ2) is 6.43. The molecule has 90 valence electrons. The molecule has 0 atom stereocenters. The van der Waals surface area contributed by atoms with Crippen molar-refractivity contribution in [3.05, 3.63) is 0 Å². The topological polar surface area (TPSA) is 63.9 Å². The monoisotopic (exact) mass is 217 g/mol. The van der Waals surface area contributed by atoms with E-state index in [-0.39, 0.29) is 25.5 Å². The first kappa shape index (κ1) is 12.9. The second-order valence-corrected chi connectivity index (χ2v) is 4.39. The van der Waals surface area contributed by atoms with E-state index in [0.717, 1.165) is 25.7 Å². The Bertz CT molecular complexity index is 164. The summed E-state index contributed by atoms with van der Waals surface area (Å²) in [6, 6.07) is 0. The molecular formula is C11H23NO3. The molecule has 0 radical (unpaired) electrons. The number of hydrogen-bond donors (Lipinski definition) is 3. The number of aliphatic hydroxyl groups is 3. The summed E-state index contributed by atoms with van der Waals surface area (Å²) < 4.78 is 0. The van der Waals surface area contributed by atoms with Crippen LogP contribution >= 0.6 is 0 Å². The van der Waals surface area contributed by atoms with Gasteiger partial charge in [-0.2, -0.15) is 0 Å². The van der Waals surface area contributed by atoms with Gasteiger partial charge in [-0.25, -0.2) is 0 Å². The highest BCUT2D eigenvalue weighted by Gasteiger charge is 2.36. The van der Waals surface area contributed by atoms with E-state index in [1.165, 1.54) is 6.42 Å². The van der Waals surface area contributed by atoms with Gasteiger partial charge in [-0.05, 0) is 19.3 Å². The van der Waals surface area contributed by atoms with Gasteiger partial charge in [0, 0.05) is 18.7 Å². The summed E-state index contributed by atoms with van der Waals surface area (Å²) in [7, 11) is 0. The lowest BCUT2D eigenvalue weighted by Gasteiger charge is -2.45. The molecule has 4 heteroatoms. The zero-order chi connectivity index (χ0) is 11.1. The van der Waals surface area contributed by atoms with Gasteiger partial charge < -0.3 is 15.3 Å². The normalized spacial score (nSPS) is 20.8. The summed E-state index contributed by atoms with van der Waals surface area (Å²) in [5, 5.41) is 27.4. The minimum absolute atomic E-state index is 0.0272. The first-order valence-corrected chi connectivity index (χ1v) is 5.87. The van der Waals surface area contributed by atoms with Crippen molar-refractivity contribution >= 4 is 0 Å². The van der Waals surface area contributed by atoms with Crippen molar-refractivity contribution < 1.29 is 15.3 Å². The number of aliphatic hydroxyl groups excluding tert-OH is 3. The first-order chi connectivity index (χ1) is 7.29.